The molecule has 1 aromatic carbocycles. The molecule has 0 unspecified atom stereocenters. The quantitative estimate of drug-likeness (QED) is 0.651. The minimum atomic E-state index is 0.304. The number of rotatable bonds is 0. The van der Waals surface area contributed by atoms with E-state index in [-0.39, 0.29) is 0 Å². The molecular formula is C14H13NO. The van der Waals surface area contributed by atoms with E-state index in [1.165, 1.54) is 24.0 Å². The number of β-lactam (4-membered cyclic amide) rings is 1. The van der Waals surface area contributed by atoms with Crippen LogP contribution in [0.4, 0.5) is 0 Å². The lowest BCUT2D eigenvalue weighted by atomic mass is 9.75. The van der Waals surface area contributed by atoms with Gasteiger partial charge in [-0.15, -0.1) is 0 Å². The molecule has 2 saturated carbocycles. The molecule has 2 heteroatoms. The molecule has 5 rings (SSSR count). The number of hydrogen-bond donors (Lipinski definition) is 1. The Morgan fingerprint density at radius 3 is 2.44 bits per heavy atom. The lowest BCUT2D eigenvalue weighted by Gasteiger charge is -2.40. The Hall–Kier alpha value is -1.31. The molecule has 3 fully saturated rings. The molecule has 3 aliphatic carbocycles. The van der Waals surface area contributed by atoms with Gasteiger partial charge in [-0.1, -0.05) is 24.3 Å². The van der Waals surface area contributed by atoms with E-state index in [1.54, 1.807) is 0 Å². The van der Waals surface area contributed by atoms with Crippen LogP contribution in [0.5, 0.6) is 0 Å². The molecule has 4 atom stereocenters. The number of carbonyl (C=O) groups is 1. The summed E-state index contributed by atoms with van der Waals surface area (Å²) in [5.74, 6) is 1.80. The van der Waals surface area contributed by atoms with Gasteiger partial charge in [-0.2, -0.15) is 0 Å². The van der Waals surface area contributed by atoms with Gasteiger partial charge in [0, 0.05) is 17.9 Å². The van der Waals surface area contributed by atoms with Crippen LogP contribution >= 0.6 is 0 Å². The molecule has 1 heterocycles. The van der Waals surface area contributed by atoms with Crippen LogP contribution in [0.25, 0.3) is 0 Å². The Morgan fingerprint density at radius 1 is 1.12 bits per heavy atom. The maximum Gasteiger partial charge on any atom is 0.226 e. The fourth-order valence-corrected chi connectivity index (χ4v) is 4.83. The number of carbonyl (C=O) groups excluding carboxylic acids is 1. The van der Waals surface area contributed by atoms with Gasteiger partial charge >= 0.3 is 0 Å². The van der Waals surface area contributed by atoms with Crippen LogP contribution in [-0.2, 0) is 4.79 Å². The summed E-state index contributed by atoms with van der Waals surface area (Å²) < 4.78 is 0. The Morgan fingerprint density at radius 2 is 1.81 bits per heavy atom. The summed E-state index contributed by atoms with van der Waals surface area (Å²) in [5.41, 5.74) is 3.51. The molecule has 80 valence electrons. The van der Waals surface area contributed by atoms with E-state index in [4.69, 9.17) is 0 Å². The van der Waals surface area contributed by atoms with Gasteiger partial charge in [0.2, 0.25) is 5.91 Å². The van der Waals surface area contributed by atoms with Crippen molar-refractivity contribution in [3.63, 3.8) is 0 Å². The summed E-state index contributed by atoms with van der Waals surface area (Å²) in [6, 6.07) is 9.27. The van der Waals surface area contributed by atoms with Crippen molar-refractivity contribution in [2.24, 2.45) is 11.3 Å². The predicted molar refractivity (Wildman–Crippen MR) is 59.0 cm³/mol. The van der Waals surface area contributed by atoms with E-state index in [0.717, 1.165) is 0 Å². The lowest BCUT2D eigenvalue weighted by molar-refractivity contribution is -0.134. The Balaban J connectivity index is 1.81. The number of fused-ring (bicyclic) bond motifs is 6. The lowest BCUT2D eigenvalue weighted by Crippen LogP contribution is -2.59. The summed E-state index contributed by atoms with van der Waals surface area (Å²) in [6.45, 7) is 0. The minimum Gasteiger partial charge on any atom is -0.352 e. The van der Waals surface area contributed by atoms with Gasteiger partial charge in [-0.25, -0.2) is 0 Å². The van der Waals surface area contributed by atoms with Gasteiger partial charge in [0.15, 0.2) is 0 Å². The molecule has 1 N–H and O–H groups in total. The van der Waals surface area contributed by atoms with Gasteiger partial charge < -0.3 is 5.32 Å². The zero-order valence-corrected chi connectivity index (χ0v) is 8.94. The van der Waals surface area contributed by atoms with Crippen molar-refractivity contribution in [3.05, 3.63) is 35.4 Å². The van der Waals surface area contributed by atoms with Gasteiger partial charge in [-0.3, -0.25) is 4.79 Å². The third kappa shape index (κ3) is 0.580. The topological polar surface area (TPSA) is 29.1 Å². The average molecular weight is 211 g/mol. The minimum absolute atomic E-state index is 0.304. The number of hydrogen-bond acceptors (Lipinski definition) is 1. The normalized spacial score (nSPS) is 43.6. The van der Waals surface area contributed by atoms with Crippen LogP contribution in [0.1, 0.15) is 35.8 Å². The maximum absolute atomic E-state index is 11.7. The second kappa shape index (κ2) is 2.06. The molecule has 0 aromatic heterocycles. The van der Waals surface area contributed by atoms with Crippen LogP contribution in [0.15, 0.2) is 24.3 Å². The Kier molecular flexibility index (Phi) is 1.02. The summed E-state index contributed by atoms with van der Waals surface area (Å²) in [5, 5.41) is 3.13. The third-order valence-electron chi connectivity index (χ3n) is 5.45. The van der Waals surface area contributed by atoms with Crippen molar-refractivity contribution in [2.45, 2.75) is 30.7 Å². The highest BCUT2D eigenvalue weighted by molar-refractivity contribution is 5.90. The van der Waals surface area contributed by atoms with Crippen molar-refractivity contribution >= 4 is 5.91 Å². The smallest absolute Gasteiger partial charge is 0.226 e. The van der Waals surface area contributed by atoms with Crippen molar-refractivity contribution < 1.29 is 4.79 Å². The van der Waals surface area contributed by atoms with Gasteiger partial charge in [0.05, 0.1) is 5.92 Å². The predicted octanol–water partition coefficient (Wildman–Crippen LogP) is 1.78. The van der Waals surface area contributed by atoms with E-state index in [0.29, 0.717) is 35.1 Å². The largest absolute Gasteiger partial charge is 0.352 e. The third-order valence-corrected chi connectivity index (χ3v) is 5.45. The van der Waals surface area contributed by atoms with Crippen LogP contribution < -0.4 is 5.32 Å². The fourth-order valence-electron chi connectivity index (χ4n) is 4.83. The zero-order valence-electron chi connectivity index (χ0n) is 8.94. The molecule has 2 bridgehead atoms. The molecular weight excluding hydrogens is 198 g/mol. The zero-order chi connectivity index (χ0) is 10.5. The molecule has 1 amide bonds. The first-order valence-corrected chi connectivity index (χ1v) is 6.22. The Labute approximate surface area is 94.0 Å². The summed E-state index contributed by atoms with van der Waals surface area (Å²) in [7, 11) is 0. The Bertz CT molecular complexity index is 531. The average Bonchev–Trinajstić information content (AvgIpc) is 2.97. The maximum atomic E-state index is 11.7. The second-order valence-electron chi connectivity index (χ2n) is 5.88. The number of benzene rings is 1. The highest BCUT2D eigenvalue weighted by atomic mass is 16.2. The first kappa shape index (κ1) is 7.88. The highest BCUT2D eigenvalue weighted by Gasteiger charge is 2.75. The summed E-state index contributed by atoms with van der Waals surface area (Å²) >= 11 is 0. The van der Waals surface area contributed by atoms with E-state index >= 15 is 0 Å². The highest BCUT2D eigenvalue weighted by Crippen LogP contribution is 2.78. The monoisotopic (exact) mass is 211 g/mol. The molecule has 1 spiro atoms. The van der Waals surface area contributed by atoms with Crippen LogP contribution in [-0.4, -0.2) is 11.9 Å². The number of nitrogens with one attached hydrogen (secondary N) is 1. The molecule has 1 aliphatic heterocycles. The van der Waals surface area contributed by atoms with Crippen LogP contribution in [0.3, 0.4) is 0 Å². The number of amides is 1. The van der Waals surface area contributed by atoms with E-state index < -0.39 is 0 Å². The summed E-state index contributed by atoms with van der Waals surface area (Å²) in [4.78, 5) is 11.7. The second-order valence-corrected chi connectivity index (χ2v) is 5.88. The van der Waals surface area contributed by atoms with Crippen molar-refractivity contribution in [2.75, 3.05) is 0 Å². The van der Waals surface area contributed by atoms with E-state index in [2.05, 4.69) is 29.6 Å². The van der Waals surface area contributed by atoms with E-state index in [9.17, 15) is 4.79 Å². The standard InChI is InChI=1S/C14H13NO/c16-13-9-10-7-3-1-2-4-8(7)11(12(9)15-13)14(10)5-6-14/h1-4,9-12H,5-6H2,(H,15,16)/t9-,10-,11-,12+/m1/s1. The molecule has 2 nitrogen and oxygen atoms in total. The molecule has 4 aliphatic rings. The fraction of sp³-hybridized carbons (Fsp3) is 0.500. The molecule has 0 radical (unpaired) electrons. The molecule has 1 saturated heterocycles. The van der Waals surface area contributed by atoms with Crippen LogP contribution in [0.2, 0.25) is 0 Å². The molecule has 1 aromatic rings. The first-order valence-electron chi connectivity index (χ1n) is 6.22. The van der Waals surface area contributed by atoms with Crippen molar-refractivity contribution in [3.8, 4) is 0 Å². The molecule has 16 heavy (non-hydrogen) atoms. The van der Waals surface area contributed by atoms with Crippen molar-refractivity contribution in [1.29, 1.82) is 0 Å². The van der Waals surface area contributed by atoms with Crippen LogP contribution in [0, 0.1) is 11.3 Å². The summed E-state index contributed by atoms with van der Waals surface area (Å²) in [6.07, 6.45) is 2.66. The van der Waals surface area contributed by atoms with Crippen molar-refractivity contribution in [1.82, 2.24) is 5.32 Å². The SMILES string of the molecule is O=C1N[C@H]2[C@H]1[C@H]1c3ccccc3[C@H]2C12CC2. The van der Waals surface area contributed by atoms with Gasteiger partial charge in [-0.05, 0) is 29.4 Å². The first-order chi connectivity index (χ1) is 7.83. The van der Waals surface area contributed by atoms with Gasteiger partial charge in [0.25, 0.3) is 0 Å². The van der Waals surface area contributed by atoms with E-state index in [1.807, 2.05) is 0 Å². The van der Waals surface area contributed by atoms with Gasteiger partial charge in [0.1, 0.15) is 0 Å².